The van der Waals surface area contributed by atoms with Crippen LogP contribution in [0.25, 0.3) is 0 Å². The van der Waals surface area contributed by atoms with Gasteiger partial charge in [0.2, 0.25) is 0 Å². The number of carboxylic acid groups (broad SMARTS) is 1. The zero-order valence-electron chi connectivity index (χ0n) is 10.3. The van der Waals surface area contributed by atoms with Crippen molar-refractivity contribution in [2.75, 3.05) is 11.5 Å². The van der Waals surface area contributed by atoms with E-state index in [2.05, 4.69) is 5.32 Å². The third kappa shape index (κ3) is 4.74. The highest BCUT2D eigenvalue weighted by atomic mass is 32.2. The lowest BCUT2D eigenvalue weighted by molar-refractivity contribution is -0.139. The normalized spacial score (nSPS) is 12.9. The molecule has 0 aliphatic carbocycles. The number of hydrogen-bond donors (Lipinski definition) is 2. The van der Waals surface area contributed by atoms with Gasteiger partial charge in [0, 0.05) is 5.75 Å². The van der Waals surface area contributed by atoms with E-state index in [0.717, 1.165) is 0 Å². The van der Waals surface area contributed by atoms with Crippen molar-refractivity contribution in [1.82, 2.24) is 5.32 Å². The predicted molar refractivity (Wildman–Crippen MR) is 66.5 cm³/mol. The Morgan fingerprint density at radius 2 is 2.16 bits per heavy atom. The topological polar surface area (TPSA) is 114 Å². The number of nitrogens with one attached hydrogen (secondary N) is 1. The van der Waals surface area contributed by atoms with Crippen LogP contribution in [0.5, 0.6) is 0 Å². The van der Waals surface area contributed by atoms with Crippen LogP contribution < -0.4 is 5.32 Å². The van der Waals surface area contributed by atoms with Gasteiger partial charge in [-0.3, -0.25) is 4.79 Å². The molecule has 19 heavy (non-hydrogen) atoms. The van der Waals surface area contributed by atoms with Crippen molar-refractivity contribution in [1.29, 1.82) is 0 Å². The standard InChI is InChI=1S/C11H15NO6S/c1-2-19(16,17)7-5-8(11(14)15)12-10(13)9-4-3-6-18-9/h3-4,6,8H,2,5,7H2,1H3,(H,12,13)(H,14,15). The molecule has 0 aliphatic heterocycles. The number of hydrogen-bond acceptors (Lipinski definition) is 5. The molecule has 0 saturated carbocycles. The fourth-order valence-corrected chi connectivity index (χ4v) is 2.22. The summed E-state index contributed by atoms with van der Waals surface area (Å²) in [5.74, 6) is -2.35. The minimum atomic E-state index is -3.28. The maximum atomic E-state index is 11.6. The first kappa shape index (κ1) is 15.2. The van der Waals surface area contributed by atoms with Gasteiger partial charge in [-0.15, -0.1) is 0 Å². The summed E-state index contributed by atoms with van der Waals surface area (Å²) < 4.78 is 27.5. The van der Waals surface area contributed by atoms with Crippen LogP contribution in [0.4, 0.5) is 0 Å². The number of carbonyl (C=O) groups excluding carboxylic acids is 1. The van der Waals surface area contributed by atoms with Crippen LogP contribution in [-0.2, 0) is 14.6 Å². The van der Waals surface area contributed by atoms with E-state index in [4.69, 9.17) is 9.52 Å². The van der Waals surface area contributed by atoms with Crippen LogP contribution >= 0.6 is 0 Å². The SMILES string of the molecule is CCS(=O)(=O)CCC(NC(=O)c1ccco1)C(=O)O. The Kier molecular flexibility index (Phi) is 5.11. The van der Waals surface area contributed by atoms with Crippen LogP contribution in [0.2, 0.25) is 0 Å². The Balaban J connectivity index is 2.64. The Labute approximate surface area is 110 Å². The Bertz CT molecular complexity index is 534. The number of rotatable bonds is 7. The molecule has 1 amide bonds. The summed E-state index contributed by atoms with van der Waals surface area (Å²) >= 11 is 0. The molecule has 8 heteroatoms. The molecule has 106 valence electrons. The zero-order chi connectivity index (χ0) is 14.5. The smallest absolute Gasteiger partial charge is 0.326 e. The quantitative estimate of drug-likeness (QED) is 0.745. The van der Waals surface area contributed by atoms with Gasteiger partial charge in [0.1, 0.15) is 15.9 Å². The second-order valence-electron chi connectivity index (χ2n) is 3.87. The number of carboxylic acids is 1. The van der Waals surface area contributed by atoms with Gasteiger partial charge in [-0.05, 0) is 18.6 Å². The maximum absolute atomic E-state index is 11.6. The third-order valence-electron chi connectivity index (χ3n) is 2.51. The van der Waals surface area contributed by atoms with Crippen LogP contribution in [0.1, 0.15) is 23.9 Å². The Morgan fingerprint density at radius 3 is 2.63 bits per heavy atom. The second kappa shape index (κ2) is 6.37. The molecule has 0 bridgehead atoms. The summed E-state index contributed by atoms with van der Waals surface area (Å²) in [5.41, 5.74) is 0. The van der Waals surface area contributed by atoms with E-state index in [1.165, 1.54) is 25.3 Å². The van der Waals surface area contributed by atoms with Crippen molar-refractivity contribution in [3.05, 3.63) is 24.2 Å². The Morgan fingerprint density at radius 1 is 1.47 bits per heavy atom. The van der Waals surface area contributed by atoms with Gasteiger partial charge in [0.15, 0.2) is 5.76 Å². The first-order valence-electron chi connectivity index (χ1n) is 5.63. The molecular weight excluding hydrogens is 274 g/mol. The van der Waals surface area contributed by atoms with Crippen molar-refractivity contribution in [3.8, 4) is 0 Å². The van der Waals surface area contributed by atoms with Crippen LogP contribution in [-0.4, -0.2) is 42.9 Å². The van der Waals surface area contributed by atoms with Gasteiger partial charge in [-0.1, -0.05) is 6.92 Å². The zero-order valence-corrected chi connectivity index (χ0v) is 11.1. The average molecular weight is 289 g/mol. The molecule has 1 rings (SSSR count). The molecule has 0 aromatic carbocycles. The molecule has 0 radical (unpaired) electrons. The lowest BCUT2D eigenvalue weighted by Gasteiger charge is -2.13. The van der Waals surface area contributed by atoms with Crippen molar-refractivity contribution < 1.29 is 27.5 Å². The Hall–Kier alpha value is -1.83. The van der Waals surface area contributed by atoms with Gasteiger partial charge >= 0.3 is 5.97 Å². The van der Waals surface area contributed by atoms with E-state index in [1.807, 2.05) is 0 Å². The number of carbonyl (C=O) groups is 2. The molecule has 0 aliphatic rings. The summed E-state index contributed by atoms with van der Waals surface area (Å²) in [6.07, 6.45) is 1.10. The second-order valence-corrected chi connectivity index (χ2v) is 6.34. The minimum Gasteiger partial charge on any atom is -0.480 e. The van der Waals surface area contributed by atoms with E-state index in [9.17, 15) is 18.0 Å². The van der Waals surface area contributed by atoms with Gasteiger partial charge in [0.05, 0.1) is 12.0 Å². The lowest BCUT2D eigenvalue weighted by Crippen LogP contribution is -2.41. The lowest BCUT2D eigenvalue weighted by atomic mass is 10.2. The fraction of sp³-hybridized carbons (Fsp3) is 0.455. The van der Waals surface area contributed by atoms with Crippen molar-refractivity contribution in [2.45, 2.75) is 19.4 Å². The van der Waals surface area contributed by atoms with E-state index >= 15 is 0 Å². The molecule has 0 spiro atoms. The summed E-state index contributed by atoms with van der Waals surface area (Å²) in [6.45, 7) is 1.48. The molecule has 1 aromatic heterocycles. The first-order valence-corrected chi connectivity index (χ1v) is 7.45. The largest absolute Gasteiger partial charge is 0.480 e. The maximum Gasteiger partial charge on any atom is 0.326 e. The predicted octanol–water partition coefficient (Wildman–Crippen LogP) is 0.287. The minimum absolute atomic E-state index is 0.0235. The van der Waals surface area contributed by atoms with Crippen LogP contribution in [0.15, 0.2) is 22.8 Å². The highest BCUT2D eigenvalue weighted by Gasteiger charge is 2.23. The molecule has 1 unspecified atom stereocenters. The number of furan rings is 1. The highest BCUT2D eigenvalue weighted by molar-refractivity contribution is 7.91. The molecule has 0 fully saturated rings. The van der Waals surface area contributed by atoms with Crippen LogP contribution in [0, 0.1) is 0 Å². The molecule has 1 heterocycles. The van der Waals surface area contributed by atoms with E-state index in [0.29, 0.717) is 0 Å². The molecule has 7 nitrogen and oxygen atoms in total. The summed E-state index contributed by atoms with van der Waals surface area (Å²) in [7, 11) is -3.28. The molecule has 1 aromatic rings. The van der Waals surface area contributed by atoms with Gasteiger partial charge in [-0.25, -0.2) is 13.2 Å². The average Bonchev–Trinajstić information content (AvgIpc) is 2.87. The molecule has 1 atom stereocenters. The summed E-state index contributed by atoms with van der Waals surface area (Å²) in [6, 6.07) is 1.61. The van der Waals surface area contributed by atoms with Gasteiger partial charge < -0.3 is 14.8 Å². The van der Waals surface area contributed by atoms with Crippen molar-refractivity contribution in [2.24, 2.45) is 0 Å². The van der Waals surface area contributed by atoms with Crippen LogP contribution in [0.3, 0.4) is 0 Å². The summed E-state index contributed by atoms with van der Waals surface area (Å²) in [5, 5.41) is 11.2. The van der Waals surface area contributed by atoms with Gasteiger partial charge in [0.25, 0.3) is 5.91 Å². The molecule has 2 N–H and O–H groups in total. The summed E-state index contributed by atoms with van der Waals surface area (Å²) in [4.78, 5) is 22.6. The number of amides is 1. The van der Waals surface area contributed by atoms with E-state index in [-0.39, 0.29) is 23.7 Å². The highest BCUT2D eigenvalue weighted by Crippen LogP contribution is 2.03. The molecular formula is C11H15NO6S. The van der Waals surface area contributed by atoms with Gasteiger partial charge in [-0.2, -0.15) is 0 Å². The number of sulfone groups is 1. The number of aliphatic carboxylic acids is 1. The van der Waals surface area contributed by atoms with Crippen molar-refractivity contribution in [3.63, 3.8) is 0 Å². The van der Waals surface area contributed by atoms with Crippen molar-refractivity contribution >= 4 is 21.7 Å². The third-order valence-corrected chi connectivity index (χ3v) is 4.24. The first-order chi connectivity index (χ1) is 8.85. The van der Waals surface area contributed by atoms with E-state index in [1.54, 1.807) is 0 Å². The monoisotopic (exact) mass is 289 g/mol. The fourth-order valence-electron chi connectivity index (χ4n) is 1.34. The molecule has 0 saturated heterocycles. The van der Waals surface area contributed by atoms with E-state index < -0.39 is 27.8 Å².